The third kappa shape index (κ3) is 1.46. The Morgan fingerprint density at radius 2 is 2.06 bits per heavy atom. The Balaban J connectivity index is 2.29. The first kappa shape index (κ1) is 10.7. The Morgan fingerprint density at radius 3 is 2.71 bits per heavy atom. The number of aryl methyl sites for hydroxylation is 2. The van der Waals surface area contributed by atoms with Gasteiger partial charge in [0.1, 0.15) is 4.90 Å². The smallest absolute Gasteiger partial charge is 0.218 e. The molecule has 88 valence electrons. The van der Waals surface area contributed by atoms with Gasteiger partial charge in [-0.1, -0.05) is 0 Å². The maximum Gasteiger partial charge on any atom is 0.285 e. The minimum atomic E-state index is -3.53. The first-order valence-corrected chi connectivity index (χ1v) is 7.32. The zero-order valence-corrected chi connectivity index (χ0v) is 10.8. The van der Waals surface area contributed by atoms with Crippen LogP contribution in [-0.2, 0) is 10.0 Å². The van der Waals surface area contributed by atoms with Gasteiger partial charge in [0.2, 0.25) is 0 Å². The molecule has 0 spiro atoms. The second-order valence-corrected chi connectivity index (χ2v) is 6.19. The van der Waals surface area contributed by atoms with E-state index in [4.69, 9.17) is 0 Å². The molecule has 0 bridgehead atoms. The zero-order valence-electron chi connectivity index (χ0n) is 9.21. The van der Waals surface area contributed by atoms with Crippen LogP contribution in [0.2, 0.25) is 0 Å². The molecular weight excluding hydrogens is 258 g/mol. The highest BCUT2D eigenvalue weighted by Gasteiger charge is 2.31. The van der Waals surface area contributed by atoms with Gasteiger partial charge < -0.3 is 0 Å². The van der Waals surface area contributed by atoms with Gasteiger partial charge >= 0.3 is 0 Å². The summed E-state index contributed by atoms with van der Waals surface area (Å²) >= 11 is 1.35. The fourth-order valence-corrected chi connectivity index (χ4v) is 4.20. The fourth-order valence-electron chi connectivity index (χ4n) is 1.86. The zero-order chi connectivity index (χ0) is 12.2. The molecule has 0 fully saturated rings. The van der Waals surface area contributed by atoms with Crippen LogP contribution >= 0.6 is 11.3 Å². The Morgan fingerprint density at radius 1 is 1.29 bits per heavy atom. The minimum absolute atomic E-state index is 0.282. The molecule has 2 aromatic heterocycles. The highest BCUT2D eigenvalue weighted by Crippen LogP contribution is 2.30. The number of nitrogens with zero attached hydrogens (tertiary/aromatic N) is 3. The lowest BCUT2D eigenvalue weighted by molar-refractivity contribution is 0.599. The molecule has 0 saturated carbocycles. The molecule has 0 amide bonds. The van der Waals surface area contributed by atoms with Crippen LogP contribution in [0.5, 0.6) is 0 Å². The highest BCUT2D eigenvalue weighted by atomic mass is 32.2. The lowest BCUT2D eigenvalue weighted by Gasteiger charge is -2.01. The number of hydrogen-bond donors (Lipinski definition) is 0. The van der Waals surface area contributed by atoms with E-state index in [0.29, 0.717) is 11.4 Å². The Labute approximate surface area is 102 Å². The lowest BCUT2D eigenvalue weighted by atomic mass is 10.3. The molecule has 0 atom stereocenters. The summed E-state index contributed by atoms with van der Waals surface area (Å²) in [5, 5.41) is 7.65. The van der Waals surface area contributed by atoms with Gasteiger partial charge in [-0.3, -0.25) is 0 Å². The van der Waals surface area contributed by atoms with Gasteiger partial charge in [-0.05, 0) is 19.9 Å². The molecule has 3 rings (SSSR count). The van der Waals surface area contributed by atoms with Gasteiger partial charge in [0.05, 0.1) is 11.3 Å². The molecule has 0 aliphatic carbocycles. The van der Waals surface area contributed by atoms with E-state index in [1.807, 2.05) is 19.9 Å². The number of fused-ring (bicyclic) bond motifs is 1. The summed E-state index contributed by atoms with van der Waals surface area (Å²) in [5.41, 5.74) is 2.35. The lowest BCUT2D eigenvalue weighted by Crippen LogP contribution is -2.14. The molecule has 3 heterocycles. The number of hydrogen-bond acceptors (Lipinski definition) is 4. The van der Waals surface area contributed by atoms with Crippen LogP contribution in [0.4, 0.5) is 0 Å². The van der Waals surface area contributed by atoms with Crippen molar-refractivity contribution in [2.45, 2.75) is 18.7 Å². The summed E-state index contributed by atoms with van der Waals surface area (Å²) in [6, 6.07) is 1.89. The Bertz CT molecular complexity index is 737. The third-order valence-corrected chi connectivity index (χ3v) is 4.76. The van der Waals surface area contributed by atoms with Crippen LogP contribution in [0.1, 0.15) is 17.0 Å². The summed E-state index contributed by atoms with van der Waals surface area (Å²) in [7, 11) is -3.53. The van der Waals surface area contributed by atoms with Crippen LogP contribution in [0.3, 0.4) is 0 Å². The quantitative estimate of drug-likeness (QED) is 0.727. The van der Waals surface area contributed by atoms with Gasteiger partial charge in [0.15, 0.2) is 5.84 Å². The van der Waals surface area contributed by atoms with Crippen LogP contribution in [-0.4, -0.2) is 24.0 Å². The van der Waals surface area contributed by atoms with Crippen molar-refractivity contribution in [3.63, 3.8) is 0 Å². The van der Waals surface area contributed by atoms with Crippen molar-refractivity contribution in [2.75, 3.05) is 0 Å². The second kappa shape index (κ2) is 3.27. The first-order valence-electron chi connectivity index (χ1n) is 4.94. The monoisotopic (exact) mass is 267 g/mol. The first-order chi connectivity index (χ1) is 7.99. The van der Waals surface area contributed by atoms with Gasteiger partial charge in [0, 0.05) is 16.5 Å². The minimum Gasteiger partial charge on any atom is -0.218 e. The topological polar surface area (TPSA) is 64.3 Å². The average molecular weight is 267 g/mol. The van der Waals surface area contributed by atoms with Crippen LogP contribution in [0.15, 0.2) is 26.1 Å². The summed E-state index contributed by atoms with van der Waals surface area (Å²) < 4.78 is 29.0. The van der Waals surface area contributed by atoms with E-state index in [-0.39, 0.29) is 4.90 Å². The molecule has 0 saturated heterocycles. The van der Waals surface area contributed by atoms with Crippen molar-refractivity contribution in [3.05, 3.63) is 33.8 Å². The molecule has 2 aromatic rings. The molecule has 0 N–H and O–H groups in total. The van der Waals surface area contributed by atoms with Crippen molar-refractivity contribution in [1.29, 1.82) is 0 Å². The van der Waals surface area contributed by atoms with Crippen LogP contribution < -0.4 is 0 Å². The molecule has 7 heteroatoms. The van der Waals surface area contributed by atoms with E-state index in [1.165, 1.54) is 11.3 Å². The van der Waals surface area contributed by atoms with Crippen molar-refractivity contribution < 1.29 is 8.42 Å². The molecule has 17 heavy (non-hydrogen) atoms. The molecule has 0 aromatic carbocycles. The Kier molecular flexibility index (Phi) is 2.05. The summed E-state index contributed by atoms with van der Waals surface area (Å²) in [5.74, 6) is 0.395. The van der Waals surface area contributed by atoms with E-state index in [1.54, 1.807) is 15.4 Å². The highest BCUT2D eigenvalue weighted by molar-refractivity contribution is 7.91. The van der Waals surface area contributed by atoms with Crippen molar-refractivity contribution >= 4 is 27.2 Å². The number of aromatic nitrogens is 2. The number of sulfonamides is 1. The van der Waals surface area contributed by atoms with Gasteiger partial charge in [-0.15, -0.1) is 4.40 Å². The molecule has 0 unspecified atom stereocenters. The maximum absolute atomic E-state index is 11.8. The largest absolute Gasteiger partial charge is 0.285 e. The van der Waals surface area contributed by atoms with E-state index < -0.39 is 10.0 Å². The van der Waals surface area contributed by atoms with Gasteiger partial charge in [0.25, 0.3) is 10.0 Å². The maximum atomic E-state index is 11.8. The summed E-state index contributed by atoms with van der Waals surface area (Å²) in [6.07, 6.45) is 0. The van der Waals surface area contributed by atoms with E-state index in [2.05, 4.69) is 9.50 Å². The molecule has 0 radical (unpaired) electrons. The molecule has 1 aliphatic heterocycles. The number of thiophene rings is 1. The van der Waals surface area contributed by atoms with Gasteiger partial charge in [-0.25, -0.2) is 4.68 Å². The summed E-state index contributed by atoms with van der Waals surface area (Å²) in [4.78, 5) is 0.282. The van der Waals surface area contributed by atoms with Crippen molar-refractivity contribution in [1.82, 2.24) is 9.78 Å². The van der Waals surface area contributed by atoms with Crippen LogP contribution in [0.25, 0.3) is 0 Å². The average Bonchev–Trinajstić information content (AvgIpc) is 2.85. The van der Waals surface area contributed by atoms with Crippen molar-refractivity contribution in [3.8, 4) is 0 Å². The summed E-state index contributed by atoms with van der Waals surface area (Å²) in [6.45, 7) is 3.74. The predicted octanol–water partition coefficient (Wildman–Crippen LogP) is 1.56. The number of rotatable bonds is 0. The van der Waals surface area contributed by atoms with Crippen LogP contribution in [0, 0.1) is 13.8 Å². The molecule has 5 nitrogen and oxygen atoms in total. The SMILES string of the molecule is Cc1cc(C)n(C2=NS(=O)(=O)c3cscc32)n1. The third-order valence-electron chi connectivity index (χ3n) is 2.56. The van der Waals surface area contributed by atoms with E-state index in [0.717, 1.165) is 11.4 Å². The van der Waals surface area contributed by atoms with E-state index in [9.17, 15) is 8.42 Å². The standard InChI is InChI=1S/C10H9N3O2S2/c1-6-3-7(2)13(11-6)10-8-4-16-5-9(8)17(14,15)12-10/h3-5H,1-2H3. The van der Waals surface area contributed by atoms with E-state index >= 15 is 0 Å². The van der Waals surface area contributed by atoms with Gasteiger partial charge in [-0.2, -0.15) is 24.9 Å². The normalized spacial score (nSPS) is 16.9. The molecular formula is C10H9N3O2S2. The molecule has 1 aliphatic rings. The Hall–Kier alpha value is -1.47. The fraction of sp³-hybridized carbons (Fsp3) is 0.200. The second-order valence-electron chi connectivity index (χ2n) is 3.88. The van der Waals surface area contributed by atoms with Crippen molar-refractivity contribution in [2.24, 2.45) is 4.40 Å². The predicted molar refractivity (Wildman–Crippen MR) is 65.1 cm³/mol.